The van der Waals surface area contributed by atoms with E-state index in [2.05, 4.69) is 28.8 Å². The van der Waals surface area contributed by atoms with Crippen LogP contribution in [0.1, 0.15) is 30.5 Å². The number of nitrogens with zero attached hydrogens (tertiary/aromatic N) is 1. The first-order chi connectivity index (χ1) is 10.9. The number of aliphatic hydroxyl groups excluding tert-OH is 1. The molecule has 1 saturated heterocycles. The van der Waals surface area contributed by atoms with Gasteiger partial charge in [0.1, 0.15) is 0 Å². The van der Waals surface area contributed by atoms with Gasteiger partial charge in [-0.25, -0.2) is 0 Å². The normalized spacial score (nSPS) is 22.9. The first-order valence-electron chi connectivity index (χ1n) is 8.66. The van der Waals surface area contributed by atoms with Crippen LogP contribution < -0.4 is 0 Å². The summed E-state index contributed by atoms with van der Waals surface area (Å²) in [5.41, 5.74) is 4.32. The molecule has 1 atom stereocenters. The smallest absolute Gasteiger partial charge is 0.0610 e. The van der Waals surface area contributed by atoms with Crippen molar-refractivity contribution in [3.63, 3.8) is 0 Å². The van der Waals surface area contributed by atoms with E-state index < -0.39 is 0 Å². The van der Waals surface area contributed by atoms with Gasteiger partial charge in [-0.15, -0.1) is 0 Å². The van der Waals surface area contributed by atoms with Crippen LogP contribution in [-0.4, -0.2) is 29.5 Å². The summed E-state index contributed by atoms with van der Waals surface area (Å²) in [6, 6.07) is 8.71. The highest BCUT2D eigenvalue weighted by Gasteiger charge is 2.30. The predicted octanol–water partition coefficient (Wildman–Crippen LogP) is 3.17. The van der Waals surface area contributed by atoms with Crippen LogP contribution in [0.15, 0.2) is 24.3 Å². The third-order valence-corrected chi connectivity index (χ3v) is 5.67. The van der Waals surface area contributed by atoms with Crippen molar-refractivity contribution in [3.8, 4) is 0 Å². The predicted molar refractivity (Wildman–Crippen MR) is 88.1 cm³/mol. The Bertz CT molecular complexity index is 655. The van der Waals surface area contributed by atoms with Gasteiger partial charge < -0.3 is 14.4 Å². The highest BCUT2D eigenvalue weighted by Crippen LogP contribution is 2.39. The van der Waals surface area contributed by atoms with Gasteiger partial charge in [0.05, 0.1) is 6.61 Å². The van der Waals surface area contributed by atoms with Crippen LogP contribution in [0.4, 0.5) is 0 Å². The van der Waals surface area contributed by atoms with Gasteiger partial charge in [-0.1, -0.05) is 18.2 Å². The molecule has 1 aliphatic carbocycles. The lowest BCUT2D eigenvalue weighted by Crippen LogP contribution is -2.28. The lowest BCUT2D eigenvalue weighted by Gasteiger charge is -2.33. The molecule has 0 spiro atoms. The minimum absolute atomic E-state index is 0.217. The van der Waals surface area contributed by atoms with E-state index in [1.807, 2.05) is 0 Å². The summed E-state index contributed by atoms with van der Waals surface area (Å²) in [6.07, 6.45) is 6.12. The van der Waals surface area contributed by atoms with Crippen molar-refractivity contribution in [1.82, 2.24) is 4.57 Å². The van der Waals surface area contributed by atoms with Crippen LogP contribution in [-0.2, 0) is 24.1 Å². The molecule has 22 heavy (non-hydrogen) atoms. The molecule has 0 radical (unpaired) electrons. The van der Waals surface area contributed by atoms with Crippen LogP contribution in [0, 0.1) is 11.8 Å². The van der Waals surface area contributed by atoms with Gasteiger partial charge in [0.15, 0.2) is 0 Å². The van der Waals surface area contributed by atoms with Crippen molar-refractivity contribution in [2.24, 2.45) is 11.8 Å². The van der Waals surface area contributed by atoms with E-state index in [9.17, 15) is 5.11 Å². The second-order valence-electron chi connectivity index (χ2n) is 6.77. The molecule has 0 saturated carbocycles. The van der Waals surface area contributed by atoms with Gasteiger partial charge >= 0.3 is 0 Å². The number of ether oxygens (including phenoxy) is 1. The average molecular weight is 299 g/mol. The zero-order valence-corrected chi connectivity index (χ0v) is 13.1. The Labute approximate surface area is 131 Å². The van der Waals surface area contributed by atoms with Crippen LogP contribution in [0.25, 0.3) is 10.9 Å². The van der Waals surface area contributed by atoms with Crippen LogP contribution in [0.3, 0.4) is 0 Å². The van der Waals surface area contributed by atoms with Crippen LogP contribution >= 0.6 is 0 Å². The molecule has 1 aromatic carbocycles. The summed E-state index contributed by atoms with van der Waals surface area (Å²) in [7, 11) is 0. The Morgan fingerprint density at radius 2 is 1.91 bits per heavy atom. The largest absolute Gasteiger partial charge is 0.395 e. The molecule has 3 nitrogen and oxygen atoms in total. The lowest BCUT2D eigenvalue weighted by molar-refractivity contribution is 0.0438. The summed E-state index contributed by atoms with van der Waals surface area (Å²) in [6.45, 7) is 2.83. The van der Waals surface area contributed by atoms with Gasteiger partial charge in [-0.2, -0.15) is 0 Å². The number of aromatic nitrogens is 1. The molecule has 2 aliphatic rings. The Morgan fingerprint density at radius 3 is 2.73 bits per heavy atom. The Morgan fingerprint density at radius 1 is 1.09 bits per heavy atom. The standard InChI is InChI=1S/C19H25NO2/c21-10-9-20-18-4-2-1-3-16(18)17-13-15(5-6-19(17)20)14-7-11-22-12-8-14/h1-4,14-15,21H,5-13H2. The van der Waals surface area contributed by atoms with Gasteiger partial charge in [0.2, 0.25) is 0 Å². The highest BCUT2D eigenvalue weighted by molar-refractivity contribution is 5.85. The fourth-order valence-corrected chi connectivity index (χ4v) is 4.57. The molecule has 3 heteroatoms. The molecule has 1 fully saturated rings. The second kappa shape index (κ2) is 6.05. The first-order valence-corrected chi connectivity index (χ1v) is 8.66. The maximum absolute atomic E-state index is 9.42. The summed E-state index contributed by atoms with van der Waals surface area (Å²) >= 11 is 0. The number of aliphatic hydroxyl groups is 1. The fraction of sp³-hybridized carbons (Fsp3) is 0.579. The van der Waals surface area contributed by atoms with Crippen molar-refractivity contribution < 1.29 is 9.84 Å². The molecule has 1 aromatic heterocycles. The zero-order valence-electron chi connectivity index (χ0n) is 13.1. The topological polar surface area (TPSA) is 34.4 Å². The quantitative estimate of drug-likeness (QED) is 0.944. The zero-order chi connectivity index (χ0) is 14.9. The molecule has 0 amide bonds. The van der Waals surface area contributed by atoms with Crippen molar-refractivity contribution >= 4 is 10.9 Å². The molecular formula is C19H25NO2. The van der Waals surface area contributed by atoms with E-state index in [1.165, 1.54) is 42.3 Å². The Hall–Kier alpha value is -1.32. The Balaban J connectivity index is 1.70. The molecule has 0 bridgehead atoms. The number of fused-ring (bicyclic) bond motifs is 3. The van der Waals surface area contributed by atoms with Gasteiger partial charge in [-0.05, 0) is 55.6 Å². The molecule has 2 aromatic rings. The monoisotopic (exact) mass is 299 g/mol. The SMILES string of the molecule is OCCn1c2c(c3ccccc31)CC(C1CCOCC1)CC2. The minimum Gasteiger partial charge on any atom is -0.395 e. The van der Waals surface area contributed by atoms with Crippen molar-refractivity contribution in [2.45, 2.75) is 38.6 Å². The number of para-hydroxylation sites is 1. The summed E-state index contributed by atoms with van der Waals surface area (Å²) in [4.78, 5) is 0. The lowest BCUT2D eigenvalue weighted by atomic mass is 9.75. The van der Waals surface area contributed by atoms with E-state index in [0.29, 0.717) is 0 Å². The van der Waals surface area contributed by atoms with E-state index >= 15 is 0 Å². The van der Waals surface area contributed by atoms with Gasteiger partial charge in [0.25, 0.3) is 0 Å². The molecule has 1 N–H and O–H groups in total. The molecule has 1 unspecified atom stereocenters. The number of hydrogen-bond donors (Lipinski definition) is 1. The van der Waals surface area contributed by atoms with Crippen LogP contribution in [0.5, 0.6) is 0 Å². The molecule has 2 heterocycles. The summed E-state index contributed by atoms with van der Waals surface area (Å²) in [5, 5.41) is 10.8. The van der Waals surface area contributed by atoms with Crippen molar-refractivity contribution in [3.05, 3.63) is 35.5 Å². The number of rotatable bonds is 3. The number of hydrogen-bond acceptors (Lipinski definition) is 2. The van der Waals surface area contributed by atoms with Gasteiger partial charge in [-0.3, -0.25) is 0 Å². The van der Waals surface area contributed by atoms with Crippen molar-refractivity contribution in [2.75, 3.05) is 19.8 Å². The van der Waals surface area contributed by atoms with E-state index in [4.69, 9.17) is 4.74 Å². The maximum atomic E-state index is 9.42. The second-order valence-corrected chi connectivity index (χ2v) is 6.77. The Kier molecular flexibility index (Phi) is 3.93. The fourth-order valence-electron chi connectivity index (χ4n) is 4.57. The molecular weight excluding hydrogens is 274 g/mol. The summed E-state index contributed by atoms with van der Waals surface area (Å²) in [5.74, 6) is 1.65. The van der Waals surface area contributed by atoms with E-state index in [1.54, 1.807) is 5.56 Å². The first kappa shape index (κ1) is 14.3. The van der Waals surface area contributed by atoms with Crippen molar-refractivity contribution in [1.29, 1.82) is 0 Å². The average Bonchev–Trinajstić information content (AvgIpc) is 2.90. The third-order valence-electron chi connectivity index (χ3n) is 5.67. The van der Waals surface area contributed by atoms with E-state index in [-0.39, 0.29) is 6.61 Å². The van der Waals surface area contributed by atoms with Gasteiger partial charge in [0, 0.05) is 36.4 Å². The van der Waals surface area contributed by atoms with E-state index in [0.717, 1.165) is 38.0 Å². The van der Waals surface area contributed by atoms with Crippen LogP contribution in [0.2, 0.25) is 0 Å². The molecule has 1 aliphatic heterocycles. The summed E-state index contributed by atoms with van der Waals surface area (Å²) < 4.78 is 7.89. The maximum Gasteiger partial charge on any atom is 0.0610 e. The minimum atomic E-state index is 0.217. The third kappa shape index (κ3) is 2.37. The highest BCUT2D eigenvalue weighted by atomic mass is 16.5. The molecule has 4 rings (SSSR count). The molecule has 118 valence electrons. The number of benzene rings is 1.